The Morgan fingerprint density at radius 2 is 1.88 bits per heavy atom. The summed E-state index contributed by atoms with van der Waals surface area (Å²) >= 11 is 0. The van der Waals surface area contributed by atoms with Crippen molar-refractivity contribution >= 4 is 0 Å². The molecule has 0 spiro atoms. The first-order chi connectivity index (χ1) is 11.9. The number of ether oxygens (including phenoxy) is 1. The summed E-state index contributed by atoms with van der Waals surface area (Å²) in [5.74, 6) is -0.534. The molecule has 1 aromatic carbocycles. The molecule has 0 unspecified atom stereocenters. The summed E-state index contributed by atoms with van der Waals surface area (Å²) in [5.41, 5.74) is 0.801. The Balaban J connectivity index is 1.70. The third-order valence-electron chi connectivity index (χ3n) is 4.21. The molecule has 1 aliphatic heterocycles. The Kier molecular flexibility index (Phi) is 5.17. The van der Waals surface area contributed by atoms with Crippen LogP contribution >= 0.6 is 0 Å². The Morgan fingerprint density at radius 1 is 1.12 bits per heavy atom. The summed E-state index contributed by atoms with van der Waals surface area (Å²) < 4.78 is 42.6. The number of rotatable bonds is 5. The monoisotopic (exact) mass is 355 g/mol. The Bertz CT molecular complexity index is 709. The van der Waals surface area contributed by atoms with Crippen molar-refractivity contribution in [1.29, 1.82) is 0 Å². The molecule has 0 amide bonds. The fraction of sp³-hybridized carbons (Fsp3) is 0.471. The maximum absolute atomic E-state index is 12.3. The van der Waals surface area contributed by atoms with E-state index in [2.05, 4.69) is 14.7 Å². The number of halogens is 3. The number of alkyl halides is 3. The fourth-order valence-corrected chi connectivity index (χ4v) is 3.02. The predicted molar refractivity (Wildman–Crippen MR) is 86.3 cm³/mol. The summed E-state index contributed by atoms with van der Waals surface area (Å²) in [5, 5.41) is 14.1. The van der Waals surface area contributed by atoms with Crippen LogP contribution in [0.2, 0.25) is 0 Å². The maximum Gasteiger partial charge on any atom is 0.573 e. The van der Waals surface area contributed by atoms with Crippen molar-refractivity contribution in [3.8, 4) is 22.8 Å². The fourth-order valence-electron chi connectivity index (χ4n) is 3.02. The van der Waals surface area contributed by atoms with Gasteiger partial charge in [-0.2, -0.15) is 0 Å². The van der Waals surface area contributed by atoms with Crippen LogP contribution in [0.25, 0.3) is 11.1 Å². The second kappa shape index (κ2) is 7.35. The molecule has 1 saturated heterocycles. The molecule has 0 saturated carbocycles. The first-order valence-corrected chi connectivity index (χ1v) is 8.26. The third kappa shape index (κ3) is 4.88. The average Bonchev–Trinajstić information content (AvgIpc) is 2.93. The van der Waals surface area contributed by atoms with Crippen LogP contribution in [0.1, 0.15) is 19.3 Å². The molecular formula is C17H20F3N3O2. The number of aromatic nitrogens is 2. The van der Waals surface area contributed by atoms with Gasteiger partial charge in [-0.3, -0.25) is 4.68 Å². The first-order valence-electron chi connectivity index (χ1n) is 8.26. The highest BCUT2D eigenvalue weighted by Crippen LogP contribution is 2.32. The molecule has 0 aliphatic carbocycles. The highest BCUT2D eigenvalue weighted by atomic mass is 19.4. The van der Waals surface area contributed by atoms with E-state index < -0.39 is 6.36 Å². The van der Waals surface area contributed by atoms with Crippen LogP contribution < -0.4 is 4.74 Å². The molecular weight excluding hydrogens is 335 g/mol. The molecule has 2 heterocycles. The van der Waals surface area contributed by atoms with E-state index in [1.807, 2.05) is 0 Å². The second-order valence-electron chi connectivity index (χ2n) is 6.11. The van der Waals surface area contributed by atoms with Crippen LogP contribution in [0, 0.1) is 0 Å². The van der Waals surface area contributed by atoms with Crippen LogP contribution in [0.5, 0.6) is 11.6 Å². The van der Waals surface area contributed by atoms with Crippen molar-refractivity contribution in [3.05, 3.63) is 30.5 Å². The van der Waals surface area contributed by atoms with Crippen molar-refractivity contribution in [1.82, 2.24) is 14.7 Å². The van der Waals surface area contributed by atoms with Crippen LogP contribution in [0.4, 0.5) is 13.2 Å². The molecule has 5 nitrogen and oxygen atoms in total. The van der Waals surface area contributed by atoms with E-state index in [-0.39, 0.29) is 11.6 Å². The second-order valence-corrected chi connectivity index (χ2v) is 6.11. The predicted octanol–water partition coefficient (Wildman–Crippen LogP) is 3.64. The van der Waals surface area contributed by atoms with Crippen molar-refractivity contribution in [2.45, 2.75) is 32.2 Å². The number of benzene rings is 1. The summed E-state index contributed by atoms with van der Waals surface area (Å²) in [6, 6.07) is 5.50. The molecule has 8 heteroatoms. The molecule has 1 N–H and O–H groups in total. The lowest BCUT2D eigenvalue weighted by Gasteiger charge is -2.26. The topological polar surface area (TPSA) is 50.5 Å². The molecule has 3 rings (SSSR count). The van der Waals surface area contributed by atoms with Gasteiger partial charge in [0, 0.05) is 12.7 Å². The van der Waals surface area contributed by atoms with Gasteiger partial charge < -0.3 is 14.7 Å². The highest BCUT2D eigenvalue weighted by molar-refractivity contribution is 5.68. The van der Waals surface area contributed by atoms with E-state index in [4.69, 9.17) is 0 Å². The molecule has 136 valence electrons. The van der Waals surface area contributed by atoms with Gasteiger partial charge in [-0.15, -0.1) is 18.3 Å². The third-order valence-corrected chi connectivity index (χ3v) is 4.21. The van der Waals surface area contributed by atoms with Gasteiger partial charge in [0.05, 0.1) is 12.1 Å². The summed E-state index contributed by atoms with van der Waals surface area (Å²) in [4.78, 5) is 2.35. The summed E-state index contributed by atoms with van der Waals surface area (Å²) in [7, 11) is 0. The number of likely N-dealkylation sites (tertiary alicyclic amines) is 1. The van der Waals surface area contributed by atoms with Crippen molar-refractivity contribution < 1.29 is 23.0 Å². The van der Waals surface area contributed by atoms with Gasteiger partial charge in [0.25, 0.3) is 0 Å². The van der Waals surface area contributed by atoms with Gasteiger partial charge in [-0.1, -0.05) is 18.6 Å². The van der Waals surface area contributed by atoms with Gasteiger partial charge in [-0.05, 0) is 43.6 Å². The van der Waals surface area contributed by atoms with Crippen LogP contribution in [-0.2, 0) is 6.54 Å². The lowest BCUT2D eigenvalue weighted by molar-refractivity contribution is -0.274. The zero-order chi connectivity index (χ0) is 17.9. The van der Waals surface area contributed by atoms with E-state index in [1.165, 1.54) is 37.5 Å². The van der Waals surface area contributed by atoms with E-state index in [0.29, 0.717) is 17.7 Å². The molecule has 1 aromatic heterocycles. The smallest absolute Gasteiger partial charge is 0.492 e. The van der Waals surface area contributed by atoms with Crippen LogP contribution in [0.3, 0.4) is 0 Å². The number of hydrogen-bond donors (Lipinski definition) is 1. The summed E-state index contributed by atoms with van der Waals surface area (Å²) in [6.45, 7) is 3.58. The number of piperidine rings is 1. The largest absolute Gasteiger partial charge is 0.573 e. The van der Waals surface area contributed by atoms with Gasteiger partial charge in [0.15, 0.2) is 0 Å². The summed E-state index contributed by atoms with van der Waals surface area (Å²) in [6.07, 6.45) is 0.550. The minimum absolute atomic E-state index is 0.206. The Labute approximate surface area is 143 Å². The molecule has 0 bridgehead atoms. The van der Waals surface area contributed by atoms with E-state index in [1.54, 1.807) is 16.9 Å². The lowest BCUT2D eigenvalue weighted by atomic mass is 10.1. The average molecular weight is 355 g/mol. The van der Waals surface area contributed by atoms with E-state index >= 15 is 0 Å². The Hall–Kier alpha value is -2.22. The Morgan fingerprint density at radius 3 is 2.60 bits per heavy atom. The number of nitrogens with zero attached hydrogens (tertiary/aromatic N) is 3. The normalized spacial score (nSPS) is 16.1. The molecule has 1 fully saturated rings. The maximum atomic E-state index is 12.3. The molecule has 0 atom stereocenters. The van der Waals surface area contributed by atoms with Gasteiger partial charge >= 0.3 is 6.36 Å². The SMILES string of the molecule is Oc1nn(CCN2CCCCC2)cc1-c1cccc(OC(F)(F)F)c1. The van der Waals surface area contributed by atoms with Gasteiger partial charge in [-0.25, -0.2) is 0 Å². The molecule has 0 radical (unpaired) electrons. The zero-order valence-electron chi connectivity index (χ0n) is 13.7. The van der Waals surface area contributed by atoms with Gasteiger partial charge in [0.1, 0.15) is 5.75 Å². The number of hydrogen-bond acceptors (Lipinski definition) is 4. The van der Waals surface area contributed by atoms with Crippen molar-refractivity contribution in [3.63, 3.8) is 0 Å². The minimum atomic E-state index is -4.75. The minimum Gasteiger partial charge on any atom is -0.492 e. The molecule has 2 aromatic rings. The number of aromatic hydroxyl groups is 1. The van der Waals surface area contributed by atoms with E-state index in [0.717, 1.165) is 19.6 Å². The van der Waals surface area contributed by atoms with Crippen molar-refractivity contribution in [2.24, 2.45) is 0 Å². The zero-order valence-corrected chi connectivity index (χ0v) is 13.7. The van der Waals surface area contributed by atoms with Gasteiger partial charge in [0.2, 0.25) is 5.88 Å². The molecule has 25 heavy (non-hydrogen) atoms. The quantitative estimate of drug-likeness (QED) is 0.890. The molecule has 1 aliphatic rings. The lowest BCUT2D eigenvalue weighted by Crippen LogP contribution is -2.32. The van der Waals surface area contributed by atoms with Crippen LogP contribution in [0.15, 0.2) is 30.5 Å². The van der Waals surface area contributed by atoms with E-state index in [9.17, 15) is 18.3 Å². The van der Waals surface area contributed by atoms with Crippen LogP contribution in [-0.4, -0.2) is 45.8 Å². The first kappa shape index (κ1) is 17.6. The van der Waals surface area contributed by atoms with Crippen molar-refractivity contribution in [2.75, 3.05) is 19.6 Å². The highest BCUT2D eigenvalue weighted by Gasteiger charge is 2.31. The standard InChI is InChI=1S/C17H20F3N3O2/c18-17(19,20)25-14-6-4-5-13(11-14)15-12-23(21-16(15)24)10-9-22-7-2-1-3-8-22/h4-6,11-12H,1-3,7-10H2,(H,21,24).